The topological polar surface area (TPSA) is 9.23 Å². The highest BCUT2D eigenvalue weighted by atomic mass is 16.5. The molecule has 0 aromatic heterocycles. The van der Waals surface area contributed by atoms with Crippen LogP contribution in [0.2, 0.25) is 0 Å². The molecular formula is C36H20O. The van der Waals surface area contributed by atoms with E-state index in [4.69, 9.17) is 4.74 Å². The van der Waals surface area contributed by atoms with Crippen LogP contribution in [-0.2, 0) is 0 Å². The number of benzene rings is 8. The van der Waals surface area contributed by atoms with Crippen LogP contribution in [0.3, 0.4) is 0 Å². The number of fused-ring (bicyclic) bond motifs is 4. The number of rotatable bonds is 1. The van der Waals surface area contributed by atoms with Gasteiger partial charge >= 0.3 is 0 Å². The van der Waals surface area contributed by atoms with E-state index in [1.165, 1.54) is 70.6 Å². The van der Waals surface area contributed by atoms with E-state index in [2.05, 4.69) is 121 Å². The van der Waals surface area contributed by atoms with Crippen LogP contribution in [0.5, 0.6) is 11.5 Å². The van der Waals surface area contributed by atoms with E-state index in [-0.39, 0.29) is 0 Å². The van der Waals surface area contributed by atoms with Gasteiger partial charge in [-0.3, -0.25) is 0 Å². The van der Waals surface area contributed by atoms with Gasteiger partial charge in [0.15, 0.2) is 0 Å². The van der Waals surface area contributed by atoms with E-state index in [0.717, 1.165) is 17.1 Å². The predicted molar refractivity (Wildman–Crippen MR) is 156 cm³/mol. The highest BCUT2D eigenvalue weighted by Gasteiger charge is 2.22. The van der Waals surface area contributed by atoms with Crippen molar-refractivity contribution in [2.75, 3.05) is 0 Å². The molecule has 1 heterocycles. The fourth-order valence-corrected chi connectivity index (χ4v) is 6.53. The van der Waals surface area contributed by atoms with E-state index >= 15 is 0 Å². The summed E-state index contributed by atoms with van der Waals surface area (Å²) in [4.78, 5) is 0. The summed E-state index contributed by atoms with van der Waals surface area (Å²) in [7, 11) is 0. The van der Waals surface area contributed by atoms with E-state index in [9.17, 15) is 0 Å². The van der Waals surface area contributed by atoms with Gasteiger partial charge in [-0.25, -0.2) is 0 Å². The van der Waals surface area contributed by atoms with Crippen LogP contribution in [0.25, 0.3) is 76.1 Å². The molecule has 1 nitrogen and oxygen atoms in total. The van der Waals surface area contributed by atoms with Crippen molar-refractivity contribution in [2.24, 2.45) is 0 Å². The van der Waals surface area contributed by atoms with E-state index < -0.39 is 0 Å². The lowest BCUT2D eigenvalue weighted by Crippen LogP contribution is -1.98. The van der Waals surface area contributed by atoms with Crippen LogP contribution in [0, 0.1) is 0 Å². The summed E-state index contributed by atoms with van der Waals surface area (Å²) in [5.74, 6) is 1.85. The molecule has 0 radical (unpaired) electrons. The molecule has 37 heavy (non-hydrogen) atoms. The second-order valence-corrected chi connectivity index (χ2v) is 10.1. The molecule has 0 amide bonds. The third-order valence-electron chi connectivity index (χ3n) is 8.18. The van der Waals surface area contributed by atoms with Gasteiger partial charge in [-0.05, 0) is 83.4 Å². The van der Waals surface area contributed by atoms with Crippen LogP contribution in [-0.4, -0.2) is 0 Å². The van der Waals surface area contributed by atoms with Gasteiger partial charge in [0.2, 0.25) is 0 Å². The highest BCUT2D eigenvalue weighted by Crippen LogP contribution is 2.50. The number of hydrogen-bond donors (Lipinski definition) is 0. The predicted octanol–water partition coefficient (Wildman–Crippen LogP) is 10.3. The SMILES string of the molecule is c1ccc2c(c1)cc1c3c(cccc32)-c2cc(-c3ccc4ccc5cccc6ccc3c4c56)ccc2O1. The maximum atomic E-state index is 6.53. The third-order valence-corrected chi connectivity index (χ3v) is 8.18. The Balaban J connectivity index is 1.32. The minimum absolute atomic E-state index is 0.914. The molecule has 0 saturated heterocycles. The quantitative estimate of drug-likeness (QED) is 0.218. The molecule has 1 heteroatoms. The van der Waals surface area contributed by atoms with Crippen LogP contribution >= 0.6 is 0 Å². The zero-order chi connectivity index (χ0) is 24.1. The molecule has 0 aliphatic carbocycles. The fourth-order valence-electron chi connectivity index (χ4n) is 6.53. The van der Waals surface area contributed by atoms with Gasteiger partial charge < -0.3 is 4.74 Å². The molecule has 0 atom stereocenters. The molecule has 1 aliphatic heterocycles. The van der Waals surface area contributed by atoms with Gasteiger partial charge in [0.05, 0.1) is 0 Å². The summed E-state index contributed by atoms with van der Waals surface area (Å²) in [6, 6.07) is 44.2. The molecule has 8 aromatic carbocycles. The Kier molecular flexibility index (Phi) is 3.59. The van der Waals surface area contributed by atoms with Crippen molar-refractivity contribution in [3.63, 3.8) is 0 Å². The van der Waals surface area contributed by atoms with Crippen molar-refractivity contribution in [1.29, 1.82) is 0 Å². The molecule has 0 spiro atoms. The Morgan fingerprint density at radius 3 is 2.00 bits per heavy atom. The van der Waals surface area contributed by atoms with Crippen LogP contribution in [0.15, 0.2) is 121 Å². The normalized spacial score (nSPS) is 12.5. The van der Waals surface area contributed by atoms with Crippen molar-refractivity contribution >= 4 is 53.9 Å². The molecule has 0 unspecified atom stereocenters. The molecule has 8 aromatic rings. The maximum Gasteiger partial charge on any atom is 0.136 e. The lowest BCUT2D eigenvalue weighted by Gasteiger charge is -2.23. The first-order valence-corrected chi connectivity index (χ1v) is 12.8. The van der Waals surface area contributed by atoms with Crippen molar-refractivity contribution in [1.82, 2.24) is 0 Å². The summed E-state index contributed by atoms with van der Waals surface area (Å²) >= 11 is 0. The Bertz CT molecular complexity index is 2200. The van der Waals surface area contributed by atoms with Crippen LogP contribution in [0.4, 0.5) is 0 Å². The van der Waals surface area contributed by atoms with E-state index in [0.29, 0.717) is 0 Å². The van der Waals surface area contributed by atoms with Gasteiger partial charge in [-0.2, -0.15) is 0 Å². The first kappa shape index (κ1) is 19.3. The molecule has 9 rings (SSSR count). The Morgan fingerprint density at radius 1 is 0.351 bits per heavy atom. The lowest BCUT2D eigenvalue weighted by molar-refractivity contribution is 0.488. The molecular weight excluding hydrogens is 448 g/mol. The van der Waals surface area contributed by atoms with Gasteiger partial charge in [-0.1, -0.05) is 103 Å². The number of hydrogen-bond acceptors (Lipinski definition) is 1. The molecule has 170 valence electrons. The standard InChI is InChI=1S/C36H20O/c1-2-8-26-24(5-1)20-33-36-28(26)9-4-10-29(36)31-19-25(15-18-32(31)37-33)27-16-13-23-12-11-21-6-3-7-22-14-17-30(27)35(23)34(21)22/h1-20H. The molecule has 0 saturated carbocycles. The van der Waals surface area contributed by atoms with Crippen LogP contribution in [0.1, 0.15) is 0 Å². The molecule has 0 fully saturated rings. The minimum Gasteiger partial charge on any atom is -0.456 e. The summed E-state index contributed by atoms with van der Waals surface area (Å²) < 4.78 is 6.53. The average Bonchev–Trinajstić information content (AvgIpc) is 2.96. The van der Waals surface area contributed by atoms with Crippen molar-refractivity contribution in [3.05, 3.63) is 121 Å². The molecule has 1 aliphatic rings. The number of ether oxygens (including phenoxy) is 1. The third kappa shape index (κ3) is 2.53. The summed E-state index contributed by atoms with van der Waals surface area (Å²) in [6.45, 7) is 0. The Labute approximate surface area is 213 Å². The Morgan fingerprint density at radius 2 is 1.08 bits per heavy atom. The van der Waals surface area contributed by atoms with Crippen LogP contribution < -0.4 is 4.74 Å². The summed E-state index contributed by atoms with van der Waals surface area (Å²) in [5.41, 5.74) is 4.85. The Hall–Kier alpha value is -4.88. The first-order valence-electron chi connectivity index (χ1n) is 12.8. The van der Waals surface area contributed by atoms with E-state index in [1.807, 2.05) is 0 Å². The van der Waals surface area contributed by atoms with Crippen molar-refractivity contribution < 1.29 is 4.74 Å². The second-order valence-electron chi connectivity index (χ2n) is 10.1. The zero-order valence-corrected chi connectivity index (χ0v) is 20.0. The summed E-state index contributed by atoms with van der Waals surface area (Å²) in [6.07, 6.45) is 0. The average molecular weight is 469 g/mol. The minimum atomic E-state index is 0.914. The van der Waals surface area contributed by atoms with E-state index in [1.54, 1.807) is 0 Å². The fraction of sp³-hybridized carbons (Fsp3) is 0. The molecule has 0 bridgehead atoms. The monoisotopic (exact) mass is 468 g/mol. The van der Waals surface area contributed by atoms with Crippen molar-refractivity contribution in [3.8, 4) is 33.8 Å². The molecule has 0 N–H and O–H groups in total. The smallest absolute Gasteiger partial charge is 0.136 e. The highest BCUT2D eigenvalue weighted by molar-refractivity contribution is 6.25. The van der Waals surface area contributed by atoms with Gasteiger partial charge in [-0.15, -0.1) is 0 Å². The maximum absolute atomic E-state index is 6.53. The largest absolute Gasteiger partial charge is 0.456 e. The first-order chi connectivity index (χ1) is 18.3. The zero-order valence-electron chi connectivity index (χ0n) is 20.0. The van der Waals surface area contributed by atoms with Gasteiger partial charge in [0.25, 0.3) is 0 Å². The lowest BCUT2D eigenvalue weighted by atomic mass is 9.87. The summed E-state index contributed by atoms with van der Waals surface area (Å²) in [5, 5.41) is 12.8. The van der Waals surface area contributed by atoms with Gasteiger partial charge in [0.1, 0.15) is 11.5 Å². The van der Waals surface area contributed by atoms with Gasteiger partial charge in [0, 0.05) is 10.9 Å². The second kappa shape index (κ2) is 6.87. The van der Waals surface area contributed by atoms with Crippen molar-refractivity contribution in [2.45, 2.75) is 0 Å².